The van der Waals surface area contributed by atoms with Crippen LogP contribution < -0.4 is 19.5 Å². The maximum atomic E-state index is 12.5. The average Bonchev–Trinajstić information content (AvgIpc) is 3.19. The van der Waals surface area contributed by atoms with E-state index in [9.17, 15) is 4.79 Å². The number of nitrogens with zero attached hydrogens (tertiary/aromatic N) is 3. The lowest BCUT2D eigenvalue weighted by molar-refractivity contribution is -0.113. The first-order chi connectivity index (χ1) is 15.4. The smallest absolute Gasteiger partial charge is 0.234 e. The molecule has 0 atom stereocenters. The lowest BCUT2D eigenvalue weighted by Crippen LogP contribution is -2.15. The van der Waals surface area contributed by atoms with Gasteiger partial charge in [0.05, 0.1) is 30.7 Å². The van der Waals surface area contributed by atoms with Crippen molar-refractivity contribution in [3.8, 4) is 17.2 Å². The summed E-state index contributed by atoms with van der Waals surface area (Å²) in [5.74, 6) is 2.22. The molecule has 2 aromatic carbocycles. The summed E-state index contributed by atoms with van der Waals surface area (Å²) in [5, 5.41) is 12.3. The monoisotopic (exact) mass is 540 g/mol. The van der Waals surface area contributed by atoms with Crippen molar-refractivity contribution in [1.82, 2.24) is 14.8 Å². The topological polar surface area (TPSA) is 87.5 Å². The van der Waals surface area contributed by atoms with E-state index < -0.39 is 0 Å². The molecule has 11 heteroatoms. The highest BCUT2D eigenvalue weighted by molar-refractivity contribution is 9.10. The van der Waals surface area contributed by atoms with Crippen molar-refractivity contribution < 1.29 is 19.0 Å². The van der Waals surface area contributed by atoms with E-state index in [1.54, 1.807) is 12.1 Å². The summed E-state index contributed by atoms with van der Waals surface area (Å²) in [6, 6.07) is 10.8. The molecule has 1 amide bonds. The standard InChI is InChI=1S/C21H22BrClN4O4S/c1-4-27-19(11-31-14-7-5-13(22)6-8-14)25-26-21(27)32-12-20(28)24-16-10-17(29-2)15(23)9-18(16)30-3/h5-10H,4,11-12H2,1-3H3,(H,24,28). The molecule has 3 aromatic rings. The Kier molecular flexibility index (Phi) is 8.66. The van der Waals surface area contributed by atoms with E-state index in [2.05, 4.69) is 31.4 Å². The highest BCUT2D eigenvalue weighted by Crippen LogP contribution is 2.36. The molecule has 170 valence electrons. The van der Waals surface area contributed by atoms with Gasteiger partial charge in [-0.3, -0.25) is 4.79 Å². The van der Waals surface area contributed by atoms with Gasteiger partial charge >= 0.3 is 0 Å². The van der Waals surface area contributed by atoms with Gasteiger partial charge in [-0.1, -0.05) is 39.3 Å². The molecule has 32 heavy (non-hydrogen) atoms. The molecule has 3 rings (SSSR count). The Morgan fingerprint density at radius 1 is 1.16 bits per heavy atom. The van der Waals surface area contributed by atoms with Gasteiger partial charge in [-0.05, 0) is 31.2 Å². The van der Waals surface area contributed by atoms with Gasteiger partial charge in [-0.15, -0.1) is 10.2 Å². The molecule has 0 aliphatic rings. The molecule has 0 aliphatic heterocycles. The fourth-order valence-electron chi connectivity index (χ4n) is 2.80. The van der Waals surface area contributed by atoms with Crippen molar-refractivity contribution in [3.63, 3.8) is 0 Å². The van der Waals surface area contributed by atoms with Gasteiger partial charge in [0.1, 0.15) is 23.9 Å². The molecule has 0 saturated heterocycles. The van der Waals surface area contributed by atoms with E-state index >= 15 is 0 Å². The number of hydrogen-bond acceptors (Lipinski definition) is 7. The van der Waals surface area contributed by atoms with Gasteiger partial charge in [0, 0.05) is 23.2 Å². The second-order valence-corrected chi connectivity index (χ2v) is 8.67. The largest absolute Gasteiger partial charge is 0.495 e. The predicted molar refractivity (Wildman–Crippen MR) is 128 cm³/mol. The van der Waals surface area contributed by atoms with Gasteiger partial charge in [-0.2, -0.15) is 0 Å². The third kappa shape index (κ3) is 6.08. The third-order valence-electron chi connectivity index (χ3n) is 4.37. The van der Waals surface area contributed by atoms with Gasteiger partial charge in [0.15, 0.2) is 11.0 Å². The number of thioether (sulfide) groups is 1. The van der Waals surface area contributed by atoms with E-state index in [0.29, 0.717) is 39.7 Å². The average molecular weight is 542 g/mol. The van der Waals surface area contributed by atoms with Crippen LogP contribution in [-0.2, 0) is 17.9 Å². The van der Waals surface area contributed by atoms with E-state index in [0.717, 1.165) is 10.2 Å². The number of benzene rings is 2. The molecule has 0 radical (unpaired) electrons. The molecule has 0 fully saturated rings. The molecule has 0 spiro atoms. The summed E-state index contributed by atoms with van der Waals surface area (Å²) >= 11 is 10.8. The Balaban J connectivity index is 1.62. The number of halogens is 2. The molecule has 0 bridgehead atoms. The van der Waals surface area contributed by atoms with Crippen LogP contribution in [0.4, 0.5) is 5.69 Å². The van der Waals surface area contributed by atoms with Crippen molar-refractivity contribution in [2.45, 2.75) is 25.2 Å². The number of carbonyl (C=O) groups is 1. The summed E-state index contributed by atoms with van der Waals surface area (Å²) in [5.41, 5.74) is 0.472. The van der Waals surface area contributed by atoms with E-state index in [1.165, 1.54) is 26.0 Å². The van der Waals surface area contributed by atoms with E-state index in [-0.39, 0.29) is 18.3 Å². The van der Waals surface area contributed by atoms with Crippen LogP contribution in [-0.4, -0.2) is 40.6 Å². The van der Waals surface area contributed by atoms with Crippen molar-refractivity contribution in [2.75, 3.05) is 25.3 Å². The number of ether oxygens (including phenoxy) is 3. The molecular formula is C21H22BrClN4O4S. The van der Waals surface area contributed by atoms with Gasteiger partial charge in [0.2, 0.25) is 5.91 Å². The zero-order chi connectivity index (χ0) is 23.1. The quantitative estimate of drug-likeness (QED) is 0.360. The van der Waals surface area contributed by atoms with Crippen LogP contribution in [0.5, 0.6) is 17.2 Å². The van der Waals surface area contributed by atoms with Crippen molar-refractivity contribution in [3.05, 3.63) is 51.7 Å². The Hall–Kier alpha value is -2.43. The van der Waals surface area contributed by atoms with Crippen molar-refractivity contribution >= 4 is 50.9 Å². The van der Waals surface area contributed by atoms with E-state index in [4.69, 9.17) is 25.8 Å². The molecule has 8 nitrogen and oxygen atoms in total. The van der Waals surface area contributed by atoms with Crippen molar-refractivity contribution in [1.29, 1.82) is 0 Å². The number of amides is 1. The molecule has 0 saturated carbocycles. The summed E-state index contributed by atoms with van der Waals surface area (Å²) < 4.78 is 19.2. The first-order valence-electron chi connectivity index (χ1n) is 9.59. The normalized spacial score (nSPS) is 10.7. The van der Waals surface area contributed by atoms with Crippen LogP contribution >= 0.6 is 39.3 Å². The Bertz CT molecular complexity index is 1080. The SMILES string of the molecule is CCn1c(COc2ccc(Br)cc2)nnc1SCC(=O)Nc1cc(OC)c(Cl)cc1OC. The molecule has 1 N–H and O–H groups in total. The number of nitrogens with one attached hydrogen (secondary N) is 1. The molecular weight excluding hydrogens is 520 g/mol. The van der Waals surface area contributed by atoms with Gasteiger partial charge in [0.25, 0.3) is 0 Å². The maximum absolute atomic E-state index is 12.5. The number of anilines is 1. The first kappa shape index (κ1) is 24.2. The maximum Gasteiger partial charge on any atom is 0.234 e. The van der Waals surface area contributed by atoms with Crippen LogP contribution in [0.2, 0.25) is 5.02 Å². The zero-order valence-electron chi connectivity index (χ0n) is 17.7. The highest BCUT2D eigenvalue weighted by Gasteiger charge is 2.16. The van der Waals surface area contributed by atoms with Crippen molar-refractivity contribution in [2.24, 2.45) is 0 Å². The summed E-state index contributed by atoms with van der Waals surface area (Å²) in [6.45, 7) is 2.91. The van der Waals surface area contributed by atoms with Crippen LogP contribution in [0.25, 0.3) is 0 Å². The second-order valence-electron chi connectivity index (χ2n) is 6.41. The minimum absolute atomic E-state index is 0.139. The summed E-state index contributed by atoms with van der Waals surface area (Å²) in [4.78, 5) is 12.5. The number of methoxy groups -OCH3 is 2. The van der Waals surface area contributed by atoms with Gasteiger partial charge in [-0.25, -0.2) is 0 Å². The fourth-order valence-corrected chi connectivity index (χ4v) is 4.12. The second kappa shape index (κ2) is 11.4. The summed E-state index contributed by atoms with van der Waals surface area (Å²) in [6.07, 6.45) is 0. The number of carbonyl (C=O) groups excluding carboxylic acids is 1. The number of rotatable bonds is 10. The Morgan fingerprint density at radius 2 is 1.88 bits per heavy atom. The van der Waals surface area contributed by atoms with Crippen LogP contribution in [0.3, 0.4) is 0 Å². The third-order valence-corrected chi connectivity index (χ3v) is 6.16. The van der Waals surface area contributed by atoms with Crippen LogP contribution in [0, 0.1) is 0 Å². The number of hydrogen-bond donors (Lipinski definition) is 1. The number of aromatic nitrogens is 3. The highest BCUT2D eigenvalue weighted by atomic mass is 79.9. The minimum atomic E-state index is -0.226. The predicted octanol–water partition coefficient (Wildman–Crippen LogP) is 5.04. The van der Waals surface area contributed by atoms with Crippen LogP contribution in [0.1, 0.15) is 12.7 Å². The zero-order valence-corrected chi connectivity index (χ0v) is 20.9. The Labute approximate surface area is 203 Å². The lowest BCUT2D eigenvalue weighted by atomic mass is 10.2. The molecule has 1 aromatic heterocycles. The summed E-state index contributed by atoms with van der Waals surface area (Å²) in [7, 11) is 3.01. The molecule has 1 heterocycles. The minimum Gasteiger partial charge on any atom is -0.495 e. The Morgan fingerprint density at radius 3 is 2.53 bits per heavy atom. The van der Waals surface area contributed by atoms with Gasteiger partial charge < -0.3 is 24.1 Å². The first-order valence-corrected chi connectivity index (χ1v) is 11.7. The fraction of sp³-hybridized carbons (Fsp3) is 0.286. The lowest BCUT2D eigenvalue weighted by Gasteiger charge is -2.13. The van der Waals surface area contributed by atoms with Crippen LogP contribution in [0.15, 0.2) is 46.0 Å². The molecule has 0 aliphatic carbocycles. The van der Waals surface area contributed by atoms with E-state index in [1.807, 2.05) is 35.8 Å². The molecule has 0 unspecified atom stereocenters.